The van der Waals surface area contributed by atoms with Crippen LogP contribution in [0.2, 0.25) is 0 Å². The molecule has 5 heteroatoms. The summed E-state index contributed by atoms with van der Waals surface area (Å²) in [6, 6.07) is 0.742. The molecule has 0 aliphatic carbocycles. The summed E-state index contributed by atoms with van der Waals surface area (Å²) >= 11 is 0. The van der Waals surface area contributed by atoms with Crippen LogP contribution in [0, 0.1) is 0 Å². The molecule has 0 radical (unpaired) electrons. The first kappa shape index (κ1) is 16.0. The van der Waals surface area contributed by atoms with Gasteiger partial charge in [0.1, 0.15) is 0 Å². The third kappa shape index (κ3) is 6.59. The minimum Gasteiger partial charge on any atom is -0.370 e. The standard InChI is InChI=1S/C14H29N5/c1-12(2)11-17-14(15)16-7-10-19-8-5-13(6-9-19)18(3)4/h13H,1,5-11H2,2-4H3,(H3,15,16,17). The summed E-state index contributed by atoms with van der Waals surface area (Å²) < 4.78 is 0. The van der Waals surface area contributed by atoms with Crippen LogP contribution in [-0.2, 0) is 0 Å². The van der Waals surface area contributed by atoms with Gasteiger partial charge < -0.3 is 20.9 Å². The van der Waals surface area contributed by atoms with Crippen molar-refractivity contribution >= 4 is 5.96 Å². The normalized spacial score (nSPS) is 18.8. The molecule has 3 N–H and O–H groups in total. The fourth-order valence-electron chi connectivity index (χ4n) is 2.28. The Bertz CT molecular complexity index is 303. The van der Waals surface area contributed by atoms with Gasteiger partial charge in [0.2, 0.25) is 0 Å². The van der Waals surface area contributed by atoms with Crippen molar-refractivity contribution in [2.24, 2.45) is 10.7 Å². The number of likely N-dealkylation sites (tertiary alicyclic amines) is 1. The molecular formula is C14H29N5. The predicted octanol–water partition coefficient (Wildman–Crippen LogP) is 0.493. The van der Waals surface area contributed by atoms with Gasteiger partial charge in [-0.25, -0.2) is 4.99 Å². The Morgan fingerprint density at radius 2 is 2.05 bits per heavy atom. The van der Waals surface area contributed by atoms with Gasteiger partial charge in [0.25, 0.3) is 0 Å². The lowest BCUT2D eigenvalue weighted by atomic mass is 10.0. The molecule has 1 rings (SSSR count). The van der Waals surface area contributed by atoms with Crippen LogP contribution in [-0.4, -0.2) is 68.6 Å². The van der Waals surface area contributed by atoms with Crippen molar-refractivity contribution in [3.8, 4) is 0 Å². The molecule has 0 unspecified atom stereocenters. The monoisotopic (exact) mass is 267 g/mol. The molecule has 0 spiro atoms. The summed E-state index contributed by atoms with van der Waals surface area (Å²) in [5, 5.41) is 3.15. The van der Waals surface area contributed by atoms with Gasteiger partial charge in [-0.15, -0.1) is 0 Å². The molecule has 110 valence electrons. The number of nitrogens with two attached hydrogens (primary N) is 1. The van der Waals surface area contributed by atoms with E-state index in [1.54, 1.807) is 0 Å². The Morgan fingerprint density at radius 1 is 1.42 bits per heavy atom. The maximum atomic E-state index is 5.77. The van der Waals surface area contributed by atoms with E-state index < -0.39 is 0 Å². The Labute approximate surface area is 117 Å². The summed E-state index contributed by atoms with van der Waals surface area (Å²) in [5.74, 6) is 0.520. The van der Waals surface area contributed by atoms with Crippen molar-refractivity contribution in [2.75, 3.05) is 46.8 Å². The second kappa shape index (κ2) is 8.17. The average molecular weight is 267 g/mol. The van der Waals surface area contributed by atoms with Crippen LogP contribution in [0.1, 0.15) is 19.8 Å². The highest BCUT2D eigenvalue weighted by molar-refractivity contribution is 5.77. The number of guanidine groups is 1. The van der Waals surface area contributed by atoms with E-state index in [-0.39, 0.29) is 0 Å². The minimum absolute atomic E-state index is 0.520. The number of piperidine rings is 1. The zero-order valence-corrected chi connectivity index (χ0v) is 12.7. The van der Waals surface area contributed by atoms with Gasteiger partial charge in [0, 0.05) is 19.1 Å². The van der Waals surface area contributed by atoms with Crippen LogP contribution in [0.3, 0.4) is 0 Å². The highest BCUT2D eigenvalue weighted by Gasteiger charge is 2.19. The van der Waals surface area contributed by atoms with Crippen molar-refractivity contribution in [3.05, 3.63) is 12.2 Å². The summed E-state index contributed by atoms with van der Waals surface area (Å²) in [6.07, 6.45) is 2.51. The van der Waals surface area contributed by atoms with Crippen LogP contribution >= 0.6 is 0 Å². The molecule has 0 saturated carbocycles. The van der Waals surface area contributed by atoms with E-state index in [0.29, 0.717) is 12.5 Å². The van der Waals surface area contributed by atoms with Crippen LogP contribution in [0.4, 0.5) is 0 Å². The third-order valence-corrected chi connectivity index (χ3v) is 3.54. The molecule has 1 aliphatic rings. The second-order valence-corrected chi connectivity index (χ2v) is 5.62. The molecule has 0 bridgehead atoms. The fraction of sp³-hybridized carbons (Fsp3) is 0.786. The summed E-state index contributed by atoms with van der Waals surface area (Å²) in [6.45, 7) is 10.6. The van der Waals surface area contributed by atoms with Crippen molar-refractivity contribution in [1.29, 1.82) is 0 Å². The van der Waals surface area contributed by atoms with Gasteiger partial charge in [0.05, 0.1) is 6.54 Å². The average Bonchev–Trinajstić information content (AvgIpc) is 2.37. The Hall–Kier alpha value is -1.07. The van der Waals surface area contributed by atoms with Crippen LogP contribution in [0.25, 0.3) is 0 Å². The molecule has 0 aromatic rings. The van der Waals surface area contributed by atoms with Gasteiger partial charge in [-0.3, -0.25) is 0 Å². The molecule has 0 aromatic carbocycles. The smallest absolute Gasteiger partial charge is 0.188 e. The van der Waals surface area contributed by atoms with Gasteiger partial charge >= 0.3 is 0 Å². The lowest BCUT2D eigenvalue weighted by Crippen LogP contribution is -2.45. The lowest BCUT2D eigenvalue weighted by molar-refractivity contribution is 0.147. The Balaban J connectivity index is 2.14. The first-order chi connectivity index (χ1) is 8.99. The molecule has 1 aliphatic heterocycles. The van der Waals surface area contributed by atoms with Crippen LogP contribution in [0.15, 0.2) is 17.1 Å². The Kier molecular flexibility index (Phi) is 6.87. The van der Waals surface area contributed by atoms with Crippen LogP contribution in [0.5, 0.6) is 0 Å². The van der Waals surface area contributed by atoms with E-state index in [1.165, 1.54) is 25.9 Å². The lowest BCUT2D eigenvalue weighted by Gasteiger charge is -2.35. The first-order valence-electron chi connectivity index (χ1n) is 7.06. The second-order valence-electron chi connectivity index (χ2n) is 5.62. The molecule has 0 atom stereocenters. The van der Waals surface area contributed by atoms with Gasteiger partial charge in [-0.2, -0.15) is 0 Å². The Morgan fingerprint density at radius 3 is 2.58 bits per heavy atom. The largest absolute Gasteiger partial charge is 0.370 e. The van der Waals surface area contributed by atoms with Crippen molar-refractivity contribution in [3.63, 3.8) is 0 Å². The maximum absolute atomic E-state index is 5.77. The molecule has 1 saturated heterocycles. The summed E-state index contributed by atoms with van der Waals surface area (Å²) in [7, 11) is 4.33. The minimum atomic E-state index is 0.520. The summed E-state index contributed by atoms with van der Waals surface area (Å²) in [5.41, 5.74) is 6.80. The van der Waals surface area contributed by atoms with Crippen molar-refractivity contribution in [1.82, 2.24) is 15.1 Å². The molecule has 1 heterocycles. The highest BCUT2D eigenvalue weighted by atomic mass is 15.2. The van der Waals surface area contributed by atoms with Gasteiger partial charge in [-0.1, -0.05) is 12.2 Å². The number of aliphatic imine (C=N–C) groups is 1. The molecule has 5 nitrogen and oxygen atoms in total. The van der Waals surface area contributed by atoms with E-state index >= 15 is 0 Å². The first-order valence-corrected chi connectivity index (χ1v) is 7.06. The van der Waals surface area contributed by atoms with E-state index in [0.717, 1.165) is 24.7 Å². The molecule has 1 fully saturated rings. The van der Waals surface area contributed by atoms with Crippen molar-refractivity contribution < 1.29 is 0 Å². The number of rotatable bonds is 6. The van der Waals surface area contributed by atoms with Gasteiger partial charge in [-0.05, 0) is 47.0 Å². The number of hydrogen-bond donors (Lipinski definition) is 2. The maximum Gasteiger partial charge on any atom is 0.188 e. The number of hydrogen-bond acceptors (Lipinski definition) is 3. The zero-order valence-electron chi connectivity index (χ0n) is 12.7. The van der Waals surface area contributed by atoms with Crippen LogP contribution < -0.4 is 11.1 Å². The predicted molar refractivity (Wildman–Crippen MR) is 82.5 cm³/mol. The highest BCUT2D eigenvalue weighted by Crippen LogP contribution is 2.13. The van der Waals surface area contributed by atoms with Crippen molar-refractivity contribution in [2.45, 2.75) is 25.8 Å². The number of nitrogens with one attached hydrogen (secondary N) is 1. The zero-order chi connectivity index (χ0) is 14.3. The van der Waals surface area contributed by atoms with E-state index in [4.69, 9.17) is 5.73 Å². The quantitative estimate of drug-likeness (QED) is 0.418. The summed E-state index contributed by atoms with van der Waals surface area (Å²) in [4.78, 5) is 9.02. The molecule has 0 amide bonds. The fourth-order valence-corrected chi connectivity index (χ4v) is 2.28. The van der Waals surface area contributed by atoms with E-state index in [9.17, 15) is 0 Å². The SMILES string of the molecule is C=C(C)CN=C(N)NCCN1CCC(N(C)C)CC1. The van der Waals surface area contributed by atoms with E-state index in [2.05, 4.69) is 40.8 Å². The third-order valence-electron chi connectivity index (χ3n) is 3.54. The molecule has 19 heavy (non-hydrogen) atoms. The topological polar surface area (TPSA) is 56.9 Å². The molecule has 0 aromatic heterocycles. The van der Waals surface area contributed by atoms with Gasteiger partial charge in [0.15, 0.2) is 5.96 Å². The molecular weight excluding hydrogens is 238 g/mol. The van der Waals surface area contributed by atoms with E-state index in [1.807, 2.05) is 6.92 Å². The number of nitrogens with zero attached hydrogens (tertiary/aromatic N) is 3.